The first kappa shape index (κ1) is 17.4. The third-order valence-electron chi connectivity index (χ3n) is 3.51. The van der Waals surface area contributed by atoms with E-state index in [2.05, 4.69) is 22.9 Å². The van der Waals surface area contributed by atoms with Gasteiger partial charge in [0.2, 0.25) is 0 Å². The van der Waals surface area contributed by atoms with Gasteiger partial charge in [0.1, 0.15) is 5.82 Å². The fraction of sp³-hybridized carbons (Fsp3) is 0.588. The molecule has 20 heavy (non-hydrogen) atoms. The van der Waals surface area contributed by atoms with Gasteiger partial charge in [0, 0.05) is 12.0 Å². The van der Waals surface area contributed by atoms with Crippen molar-refractivity contribution in [3.8, 4) is 0 Å². The average Bonchev–Trinajstić information content (AvgIpc) is 2.44. The van der Waals surface area contributed by atoms with E-state index in [1.807, 2.05) is 0 Å². The zero-order chi connectivity index (χ0) is 14.8. The van der Waals surface area contributed by atoms with Gasteiger partial charge in [0.15, 0.2) is 5.78 Å². The zero-order valence-corrected chi connectivity index (χ0v) is 13.8. The number of unbranched alkanes of at least 4 members (excludes halogenated alkanes) is 7. The Balaban J connectivity index is 2.19. The van der Waals surface area contributed by atoms with Crippen LogP contribution in [0.5, 0.6) is 0 Å². The lowest BCUT2D eigenvalue weighted by molar-refractivity contribution is 0.0978. The van der Waals surface area contributed by atoms with Gasteiger partial charge in [-0.15, -0.1) is 0 Å². The molecule has 0 aromatic heterocycles. The summed E-state index contributed by atoms with van der Waals surface area (Å²) in [6.45, 7) is 2.22. The second kappa shape index (κ2) is 10.1. The molecule has 0 unspecified atom stereocenters. The van der Waals surface area contributed by atoms with Crippen molar-refractivity contribution >= 4 is 21.7 Å². The summed E-state index contributed by atoms with van der Waals surface area (Å²) in [5.74, 6) is -0.339. The minimum absolute atomic E-state index is 0.0300. The maximum absolute atomic E-state index is 13.3. The molecule has 0 aliphatic heterocycles. The van der Waals surface area contributed by atoms with E-state index < -0.39 is 0 Å². The van der Waals surface area contributed by atoms with Crippen molar-refractivity contribution in [2.24, 2.45) is 0 Å². The maximum atomic E-state index is 13.3. The first-order valence-electron chi connectivity index (χ1n) is 7.64. The van der Waals surface area contributed by atoms with E-state index in [-0.39, 0.29) is 11.6 Å². The normalized spacial score (nSPS) is 10.8. The predicted octanol–water partition coefficient (Wildman–Crippen LogP) is 6.30. The highest BCUT2D eigenvalue weighted by Crippen LogP contribution is 2.22. The lowest BCUT2D eigenvalue weighted by Gasteiger charge is -2.05. The zero-order valence-electron chi connectivity index (χ0n) is 12.3. The minimum atomic E-state index is -0.369. The highest BCUT2D eigenvalue weighted by atomic mass is 79.9. The van der Waals surface area contributed by atoms with E-state index in [4.69, 9.17) is 0 Å². The highest BCUT2D eigenvalue weighted by molar-refractivity contribution is 9.10. The molecule has 1 aromatic carbocycles. The van der Waals surface area contributed by atoms with Crippen molar-refractivity contribution in [1.29, 1.82) is 0 Å². The SMILES string of the molecule is CCCCCCCCCCC(=O)c1cccc(F)c1Br. The third kappa shape index (κ3) is 6.17. The summed E-state index contributed by atoms with van der Waals surface area (Å²) in [5.41, 5.74) is 0.466. The van der Waals surface area contributed by atoms with E-state index >= 15 is 0 Å². The Morgan fingerprint density at radius 3 is 2.30 bits per heavy atom. The molecular weight excluding hydrogens is 319 g/mol. The number of hydrogen-bond acceptors (Lipinski definition) is 1. The van der Waals surface area contributed by atoms with Crippen LogP contribution < -0.4 is 0 Å². The summed E-state index contributed by atoms with van der Waals surface area (Å²) in [4.78, 5) is 12.0. The first-order chi connectivity index (χ1) is 9.66. The topological polar surface area (TPSA) is 17.1 Å². The number of carbonyl (C=O) groups excluding carboxylic acids is 1. The molecule has 0 spiro atoms. The molecule has 0 N–H and O–H groups in total. The fourth-order valence-electron chi connectivity index (χ4n) is 2.27. The molecule has 0 heterocycles. The van der Waals surface area contributed by atoms with Crippen LogP contribution in [-0.4, -0.2) is 5.78 Å². The Bertz CT molecular complexity index is 417. The molecule has 0 fully saturated rings. The quantitative estimate of drug-likeness (QED) is 0.360. The number of ketones is 1. The molecule has 0 saturated heterocycles. The van der Waals surface area contributed by atoms with Crippen LogP contribution in [0.4, 0.5) is 4.39 Å². The van der Waals surface area contributed by atoms with Gasteiger partial charge in [-0.1, -0.05) is 64.0 Å². The van der Waals surface area contributed by atoms with E-state index in [1.165, 1.54) is 44.6 Å². The Kier molecular flexibility index (Phi) is 8.75. The molecule has 0 radical (unpaired) electrons. The third-order valence-corrected chi connectivity index (χ3v) is 4.32. The predicted molar refractivity (Wildman–Crippen MR) is 85.7 cm³/mol. The van der Waals surface area contributed by atoms with Crippen molar-refractivity contribution in [2.45, 2.75) is 64.7 Å². The molecule has 1 aromatic rings. The summed E-state index contributed by atoms with van der Waals surface area (Å²) in [7, 11) is 0. The number of benzene rings is 1. The van der Waals surface area contributed by atoms with Crippen LogP contribution >= 0.6 is 15.9 Å². The van der Waals surface area contributed by atoms with Crippen LogP contribution in [-0.2, 0) is 0 Å². The number of hydrogen-bond donors (Lipinski definition) is 0. The number of halogens is 2. The Labute approximate surface area is 130 Å². The molecule has 0 atom stereocenters. The molecule has 1 rings (SSSR count). The van der Waals surface area contributed by atoms with Crippen LogP contribution in [0, 0.1) is 5.82 Å². The molecule has 112 valence electrons. The monoisotopic (exact) mass is 342 g/mol. The lowest BCUT2D eigenvalue weighted by atomic mass is 10.0. The number of Topliss-reactive ketones (excluding diaryl/α,β-unsaturated/α-hetero) is 1. The van der Waals surface area contributed by atoms with Crippen molar-refractivity contribution in [3.05, 3.63) is 34.1 Å². The smallest absolute Gasteiger partial charge is 0.164 e. The molecule has 3 heteroatoms. The summed E-state index contributed by atoms with van der Waals surface area (Å²) in [5, 5.41) is 0. The van der Waals surface area contributed by atoms with Crippen molar-refractivity contribution < 1.29 is 9.18 Å². The van der Waals surface area contributed by atoms with Gasteiger partial charge in [-0.05, 0) is 28.4 Å². The van der Waals surface area contributed by atoms with Crippen molar-refractivity contribution in [3.63, 3.8) is 0 Å². The molecule has 1 nitrogen and oxygen atoms in total. The summed E-state index contributed by atoms with van der Waals surface area (Å²) < 4.78 is 13.6. The van der Waals surface area contributed by atoms with E-state index in [1.54, 1.807) is 12.1 Å². The van der Waals surface area contributed by atoms with Crippen LogP contribution in [0.15, 0.2) is 22.7 Å². The molecular formula is C17H24BrFO. The summed E-state index contributed by atoms with van der Waals surface area (Å²) in [6.07, 6.45) is 10.2. The van der Waals surface area contributed by atoms with E-state index in [0.717, 1.165) is 12.8 Å². The Hall–Kier alpha value is -0.700. The highest BCUT2D eigenvalue weighted by Gasteiger charge is 2.12. The van der Waals surface area contributed by atoms with E-state index in [9.17, 15) is 9.18 Å². The summed E-state index contributed by atoms with van der Waals surface area (Å²) in [6, 6.07) is 4.62. The van der Waals surface area contributed by atoms with Gasteiger partial charge in [-0.25, -0.2) is 4.39 Å². The lowest BCUT2D eigenvalue weighted by Crippen LogP contribution is -2.01. The molecule has 0 aliphatic carbocycles. The standard InChI is InChI=1S/C17H24BrFO/c1-2-3-4-5-6-7-8-9-13-16(20)14-11-10-12-15(19)17(14)18/h10-12H,2-9,13H2,1H3. The molecule has 0 saturated carbocycles. The van der Waals surface area contributed by atoms with E-state index in [0.29, 0.717) is 16.5 Å². The van der Waals surface area contributed by atoms with Crippen LogP contribution in [0.2, 0.25) is 0 Å². The Morgan fingerprint density at radius 2 is 1.65 bits per heavy atom. The minimum Gasteiger partial charge on any atom is -0.294 e. The van der Waals surface area contributed by atoms with Crippen molar-refractivity contribution in [1.82, 2.24) is 0 Å². The fourth-order valence-corrected chi connectivity index (χ4v) is 2.76. The largest absolute Gasteiger partial charge is 0.294 e. The Morgan fingerprint density at radius 1 is 1.05 bits per heavy atom. The van der Waals surface area contributed by atoms with Crippen LogP contribution in [0.1, 0.15) is 75.1 Å². The van der Waals surface area contributed by atoms with Crippen molar-refractivity contribution in [2.75, 3.05) is 0 Å². The maximum Gasteiger partial charge on any atom is 0.164 e. The molecule has 0 amide bonds. The summed E-state index contributed by atoms with van der Waals surface area (Å²) >= 11 is 3.14. The number of carbonyl (C=O) groups is 1. The van der Waals surface area contributed by atoms with Gasteiger partial charge < -0.3 is 0 Å². The molecule has 0 bridgehead atoms. The van der Waals surface area contributed by atoms with Gasteiger partial charge >= 0.3 is 0 Å². The van der Waals surface area contributed by atoms with Gasteiger partial charge in [0.25, 0.3) is 0 Å². The van der Waals surface area contributed by atoms with Crippen LogP contribution in [0.25, 0.3) is 0 Å². The molecule has 0 aliphatic rings. The van der Waals surface area contributed by atoms with Gasteiger partial charge in [-0.2, -0.15) is 0 Å². The van der Waals surface area contributed by atoms with Gasteiger partial charge in [-0.3, -0.25) is 4.79 Å². The average molecular weight is 343 g/mol. The second-order valence-corrected chi connectivity index (χ2v) is 6.04. The number of rotatable bonds is 10. The van der Waals surface area contributed by atoms with Crippen LogP contribution in [0.3, 0.4) is 0 Å². The second-order valence-electron chi connectivity index (χ2n) is 5.25. The van der Waals surface area contributed by atoms with Gasteiger partial charge in [0.05, 0.1) is 4.47 Å². The first-order valence-corrected chi connectivity index (χ1v) is 8.43.